The SMILES string of the molecule is CCNC1CCCc2cc(OCC(N)=O)ccc21. The van der Waals surface area contributed by atoms with Gasteiger partial charge in [0, 0.05) is 6.04 Å². The van der Waals surface area contributed by atoms with E-state index in [1.807, 2.05) is 12.1 Å². The lowest BCUT2D eigenvalue weighted by Crippen LogP contribution is -2.25. The molecule has 4 heteroatoms. The first-order chi connectivity index (χ1) is 8.70. The molecule has 1 aliphatic carbocycles. The van der Waals surface area contributed by atoms with E-state index in [-0.39, 0.29) is 6.61 Å². The number of carbonyl (C=O) groups excluding carboxylic acids is 1. The predicted molar refractivity (Wildman–Crippen MR) is 70.5 cm³/mol. The third-order valence-electron chi connectivity index (χ3n) is 3.26. The highest BCUT2D eigenvalue weighted by atomic mass is 16.5. The molecule has 18 heavy (non-hydrogen) atoms. The molecule has 98 valence electrons. The van der Waals surface area contributed by atoms with Crippen molar-refractivity contribution < 1.29 is 9.53 Å². The lowest BCUT2D eigenvalue weighted by Gasteiger charge is -2.26. The van der Waals surface area contributed by atoms with Gasteiger partial charge in [0.25, 0.3) is 5.91 Å². The highest BCUT2D eigenvalue weighted by Gasteiger charge is 2.19. The standard InChI is InChI=1S/C14H20N2O2/c1-2-16-13-5-3-4-10-8-11(6-7-12(10)13)18-9-14(15)17/h6-8,13,16H,2-5,9H2,1H3,(H2,15,17). The van der Waals surface area contributed by atoms with Crippen LogP contribution in [0, 0.1) is 0 Å². The van der Waals surface area contributed by atoms with Crippen molar-refractivity contribution in [2.24, 2.45) is 5.73 Å². The van der Waals surface area contributed by atoms with E-state index in [2.05, 4.69) is 18.3 Å². The minimum absolute atomic E-state index is 0.0601. The van der Waals surface area contributed by atoms with Crippen molar-refractivity contribution in [1.82, 2.24) is 5.32 Å². The molecule has 0 aliphatic heterocycles. The Morgan fingerprint density at radius 2 is 2.39 bits per heavy atom. The first-order valence-corrected chi connectivity index (χ1v) is 6.48. The van der Waals surface area contributed by atoms with Crippen molar-refractivity contribution in [3.8, 4) is 5.75 Å². The Kier molecular flexibility index (Phi) is 4.20. The zero-order valence-corrected chi connectivity index (χ0v) is 10.7. The second-order valence-corrected chi connectivity index (χ2v) is 4.62. The van der Waals surface area contributed by atoms with Gasteiger partial charge in [-0.15, -0.1) is 0 Å². The van der Waals surface area contributed by atoms with Gasteiger partial charge in [0.2, 0.25) is 0 Å². The van der Waals surface area contributed by atoms with Gasteiger partial charge >= 0.3 is 0 Å². The smallest absolute Gasteiger partial charge is 0.255 e. The maximum atomic E-state index is 10.7. The Balaban J connectivity index is 2.13. The predicted octanol–water partition coefficient (Wildman–Crippen LogP) is 1.54. The Hall–Kier alpha value is -1.55. The van der Waals surface area contributed by atoms with Crippen LogP contribution in [0.15, 0.2) is 18.2 Å². The van der Waals surface area contributed by atoms with E-state index in [1.165, 1.54) is 24.0 Å². The number of benzene rings is 1. The van der Waals surface area contributed by atoms with Crippen molar-refractivity contribution in [2.75, 3.05) is 13.2 Å². The number of nitrogens with two attached hydrogens (primary N) is 1. The fourth-order valence-corrected chi connectivity index (χ4v) is 2.49. The summed E-state index contributed by atoms with van der Waals surface area (Å²) in [5.74, 6) is 0.281. The van der Waals surface area contributed by atoms with Crippen LogP contribution in [0.2, 0.25) is 0 Å². The number of primary amides is 1. The highest BCUT2D eigenvalue weighted by Crippen LogP contribution is 2.32. The number of carbonyl (C=O) groups is 1. The maximum absolute atomic E-state index is 10.7. The van der Waals surface area contributed by atoms with Crippen LogP contribution in [0.25, 0.3) is 0 Å². The third-order valence-corrected chi connectivity index (χ3v) is 3.26. The highest BCUT2D eigenvalue weighted by molar-refractivity contribution is 5.75. The second-order valence-electron chi connectivity index (χ2n) is 4.62. The minimum Gasteiger partial charge on any atom is -0.484 e. The summed E-state index contributed by atoms with van der Waals surface area (Å²) >= 11 is 0. The maximum Gasteiger partial charge on any atom is 0.255 e. The summed E-state index contributed by atoms with van der Waals surface area (Å²) in [4.78, 5) is 10.7. The Bertz CT molecular complexity index is 432. The molecule has 0 bridgehead atoms. The van der Waals surface area contributed by atoms with Crippen LogP contribution in [-0.4, -0.2) is 19.1 Å². The summed E-state index contributed by atoms with van der Waals surface area (Å²) in [5.41, 5.74) is 7.74. The van der Waals surface area contributed by atoms with Crippen LogP contribution in [0.5, 0.6) is 5.75 Å². The molecule has 4 nitrogen and oxygen atoms in total. The second kappa shape index (κ2) is 5.87. The molecular formula is C14H20N2O2. The zero-order chi connectivity index (χ0) is 13.0. The quantitative estimate of drug-likeness (QED) is 0.830. The molecule has 0 heterocycles. The van der Waals surface area contributed by atoms with Gasteiger partial charge in [-0.2, -0.15) is 0 Å². The summed E-state index contributed by atoms with van der Waals surface area (Å²) in [5, 5.41) is 3.50. The van der Waals surface area contributed by atoms with Gasteiger partial charge in [-0.25, -0.2) is 0 Å². The summed E-state index contributed by atoms with van der Waals surface area (Å²) in [6, 6.07) is 6.49. The first-order valence-electron chi connectivity index (χ1n) is 6.48. The Morgan fingerprint density at radius 1 is 1.56 bits per heavy atom. The van der Waals surface area contributed by atoms with E-state index in [0.717, 1.165) is 18.7 Å². The van der Waals surface area contributed by atoms with E-state index < -0.39 is 5.91 Å². The topological polar surface area (TPSA) is 64.3 Å². The summed E-state index contributed by atoms with van der Waals surface area (Å²) < 4.78 is 5.33. The fraction of sp³-hybridized carbons (Fsp3) is 0.500. The lowest BCUT2D eigenvalue weighted by molar-refractivity contribution is -0.119. The molecule has 1 unspecified atom stereocenters. The van der Waals surface area contributed by atoms with Gasteiger partial charge in [-0.05, 0) is 49.1 Å². The molecule has 0 fully saturated rings. The number of hydrogen-bond acceptors (Lipinski definition) is 3. The number of ether oxygens (including phenoxy) is 1. The molecule has 0 saturated carbocycles. The van der Waals surface area contributed by atoms with Gasteiger partial charge in [0.05, 0.1) is 0 Å². The molecule has 0 radical (unpaired) electrons. The first kappa shape index (κ1) is 12.9. The monoisotopic (exact) mass is 248 g/mol. The average Bonchev–Trinajstić information content (AvgIpc) is 2.37. The number of amides is 1. The van der Waals surface area contributed by atoms with Gasteiger partial charge in [0.1, 0.15) is 5.75 Å². The van der Waals surface area contributed by atoms with Crippen LogP contribution >= 0.6 is 0 Å². The lowest BCUT2D eigenvalue weighted by atomic mass is 9.87. The van der Waals surface area contributed by atoms with Crippen LogP contribution in [0.1, 0.15) is 36.9 Å². The van der Waals surface area contributed by atoms with Crippen molar-refractivity contribution >= 4 is 5.91 Å². The average molecular weight is 248 g/mol. The van der Waals surface area contributed by atoms with Crippen molar-refractivity contribution in [2.45, 2.75) is 32.2 Å². The Labute approximate surface area is 108 Å². The number of nitrogens with one attached hydrogen (secondary N) is 1. The van der Waals surface area contributed by atoms with Gasteiger partial charge in [-0.1, -0.05) is 13.0 Å². The van der Waals surface area contributed by atoms with E-state index in [9.17, 15) is 4.79 Å². The Morgan fingerprint density at radius 3 is 3.11 bits per heavy atom. The van der Waals surface area contributed by atoms with E-state index in [0.29, 0.717) is 6.04 Å². The molecule has 1 atom stereocenters. The number of fused-ring (bicyclic) bond motifs is 1. The summed E-state index contributed by atoms with van der Waals surface area (Å²) in [7, 11) is 0. The summed E-state index contributed by atoms with van der Waals surface area (Å²) in [6.07, 6.45) is 3.44. The van der Waals surface area contributed by atoms with Gasteiger partial charge in [-0.3, -0.25) is 4.79 Å². The molecule has 0 saturated heterocycles. The number of rotatable bonds is 5. The number of aryl methyl sites for hydroxylation is 1. The number of hydrogen-bond donors (Lipinski definition) is 2. The van der Waals surface area contributed by atoms with Crippen LogP contribution in [-0.2, 0) is 11.2 Å². The molecule has 0 spiro atoms. The van der Waals surface area contributed by atoms with Crippen molar-refractivity contribution in [3.63, 3.8) is 0 Å². The molecule has 1 aliphatic rings. The van der Waals surface area contributed by atoms with Gasteiger partial charge in [0.15, 0.2) is 6.61 Å². The molecule has 2 rings (SSSR count). The molecule has 3 N–H and O–H groups in total. The normalized spacial score (nSPS) is 18.2. The van der Waals surface area contributed by atoms with Crippen LogP contribution in [0.4, 0.5) is 0 Å². The zero-order valence-electron chi connectivity index (χ0n) is 10.7. The van der Waals surface area contributed by atoms with Gasteiger partial charge < -0.3 is 15.8 Å². The molecule has 0 aromatic heterocycles. The van der Waals surface area contributed by atoms with Crippen LogP contribution < -0.4 is 15.8 Å². The van der Waals surface area contributed by atoms with Crippen molar-refractivity contribution in [3.05, 3.63) is 29.3 Å². The molecule has 1 aromatic carbocycles. The minimum atomic E-state index is -0.446. The van der Waals surface area contributed by atoms with E-state index in [1.54, 1.807) is 0 Å². The van der Waals surface area contributed by atoms with E-state index in [4.69, 9.17) is 10.5 Å². The fourth-order valence-electron chi connectivity index (χ4n) is 2.49. The van der Waals surface area contributed by atoms with Crippen molar-refractivity contribution in [1.29, 1.82) is 0 Å². The summed E-state index contributed by atoms with van der Waals surface area (Å²) in [6.45, 7) is 3.04. The van der Waals surface area contributed by atoms with Crippen LogP contribution in [0.3, 0.4) is 0 Å². The molecule has 1 amide bonds. The molecular weight excluding hydrogens is 228 g/mol. The van der Waals surface area contributed by atoms with E-state index >= 15 is 0 Å². The third kappa shape index (κ3) is 3.01. The largest absolute Gasteiger partial charge is 0.484 e. The molecule has 1 aromatic rings.